The van der Waals surface area contributed by atoms with Crippen LogP contribution < -0.4 is 4.90 Å². The summed E-state index contributed by atoms with van der Waals surface area (Å²) in [5, 5.41) is 4.98. The van der Waals surface area contributed by atoms with Gasteiger partial charge in [0.1, 0.15) is 0 Å². The molecule has 0 amide bonds. The van der Waals surface area contributed by atoms with Crippen LogP contribution in [-0.2, 0) is 5.41 Å². The Labute approximate surface area is 317 Å². The van der Waals surface area contributed by atoms with Crippen LogP contribution >= 0.6 is 0 Å². The number of rotatable bonds is 6. The molecule has 0 spiro atoms. The zero-order valence-corrected chi connectivity index (χ0v) is 30.5. The minimum Gasteiger partial charge on any atom is -0.310 e. The summed E-state index contributed by atoms with van der Waals surface area (Å²) >= 11 is 0. The summed E-state index contributed by atoms with van der Waals surface area (Å²) in [5.41, 5.74) is 15.8. The highest BCUT2D eigenvalue weighted by Gasteiger charge is 2.36. The van der Waals surface area contributed by atoms with Crippen LogP contribution in [0.4, 0.5) is 17.1 Å². The van der Waals surface area contributed by atoms with E-state index >= 15 is 0 Å². The molecule has 256 valence electrons. The smallest absolute Gasteiger partial charge is 0.0546 e. The molecule has 0 N–H and O–H groups in total. The lowest BCUT2D eigenvalue weighted by Crippen LogP contribution is -2.17. The standard InChI is InChI=1S/C53H39N/c1-53(2)50-25-11-10-23-48(50)49-31-29-44(35-51(49)53)54(43-21-12-20-42(33-43)46-24-13-19-37-17-8-9-22-45(37)46)52-34-41(28-30-47(52)38-15-4-3-5-16-38)40-27-26-36-14-6-7-18-39(36)32-40/h3-35H,1-2H3. The third kappa shape index (κ3) is 5.32. The van der Waals surface area contributed by atoms with Crippen molar-refractivity contribution in [3.8, 4) is 44.5 Å². The quantitative estimate of drug-likeness (QED) is 0.168. The van der Waals surface area contributed by atoms with Gasteiger partial charge in [-0.3, -0.25) is 0 Å². The summed E-state index contributed by atoms with van der Waals surface area (Å²) in [6, 6.07) is 73.6. The Kier molecular flexibility index (Phi) is 7.56. The SMILES string of the molecule is CC1(C)c2ccccc2-c2ccc(N(c3cccc(-c4cccc5ccccc45)c3)c3cc(-c4ccc5ccccc5c4)ccc3-c3ccccc3)cc21. The molecule has 9 aromatic carbocycles. The van der Waals surface area contributed by atoms with Gasteiger partial charge in [0.2, 0.25) is 0 Å². The fraction of sp³-hybridized carbons (Fsp3) is 0.0566. The first-order chi connectivity index (χ1) is 26.5. The summed E-state index contributed by atoms with van der Waals surface area (Å²) in [5.74, 6) is 0. The van der Waals surface area contributed by atoms with Gasteiger partial charge < -0.3 is 4.90 Å². The van der Waals surface area contributed by atoms with Crippen molar-refractivity contribution in [1.82, 2.24) is 0 Å². The molecule has 0 aliphatic heterocycles. The molecule has 54 heavy (non-hydrogen) atoms. The van der Waals surface area contributed by atoms with E-state index in [9.17, 15) is 0 Å². The van der Waals surface area contributed by atoms with Crippen LogP contribution in [0.2, 0.25) is 0 Å². The maximum Gasteiger partial charge on any atom is 0.0546 e. The van der Waals surface area contributed by atoms with E-state index < -0.39 is 0 Å². The van der Waals surface area contributed by atoms with Crippen LogP contribution in [0.1, 0.15) is 25.0 Å². The molecule has 0 unspecified atom stereocenters. The van der Waals surface area contributed by atoms with E-state index in [1.54, 1.807) is 0 Å². The Balaban J connectivity index is 1.23. The van der Waals surface area contributed by atoms with Gasteiger partial charge >= 0.3 is 0 Å². The van der Waals surface area contributed by atoms with Gasteiger partial charge in [0, 0.05) is 22.4 Å². The van der Waals surface area contributed by atoms with Crippen molar-refractivity contribution in [2.24, 2.45) is 0 Å². The number of nitrogens with zero attached hydrogens (tertiary/aromatic N) is 1. The lowest BCUT2D eigenvalue weighted by Gasteiger charge is -2.30. The van der Waals surface area contributed by atoms with Gasteiger partial charge in [-0.05, 0) is 108 Å². The zero-order chi connectivity index (χ0) is 36.2. The van der Waals surface area contributed by atoms with E-state index in [1.807, 2.05) is 0 Å². The summed E-state index contributed by atoms with van der Waals surface area (Å²) in [7, 11) is 0. The van der Waals surface area contributed by atoms with Crippen molar-refractivity contribution in [1.29, 1.82) is 0 Å². The molecule has 0 fully saturated rings. The molecule has 0 heterocycles. The Morgan fingerprint density at radius 3 is 1.83 bits per heavy atom. The lowest BCUT2D eigenvalue weighted by molar-refractivity contribution is 0.660. The van der Waals surface area contributed by atoms with Gasteiger partial charge in [0.05, 0.1) is 5.69 Å². The molecule has 1 aliphatic carbocycles. The van der Waals surface area contributed by atoms with Crippen molar-refractivity contribution in [3.05, 3.63) is 211 Å². The highest BCUT2D eigenvalue weighted by Crippen LogP contribution is 2.52. The molecule has 10 rings (SSSR count). The predicted octanol–water partition coefficient (Wildman–Crippen LogP) is 14.8. The van der Waals surface area contributed by atoms with E-state index in [4.69, 9.17) is 0 Å². The molecular weight excluding hydrogens is 651 g/mol. The summed E-state index contributed by atoms with van der Waals surface area (Å²) in [4.78, 5) is 2.49. The summed E-state index contributed by atoms with van der Waals surface area (Å²) in [6.45, 7) is 4.73. The van der Waals surface area contributed by atoms with Crippen molar-refractivity contribution in [3.63, 3.8) is 0 Å². The normalized spacial score (nSPS) is 12.8. The van der Waals surface area contributed by atoms with Gasteiger partial charge in [-0.15, -0.1) is 0 Å². The third-order valence-electron chi connectivity index (χ3n) is 11.4. The Hall–Kier alpha value is -6.70. The molecule has 0 bridgehead atoms. The van der Waals surface area contributed by atoms with Crippen LogP contribution in [0.5, 0.6) is 0 Å². The van der Waals surface area contributed by atoms with Crippen molar-refractivity contribution in [2.75, 3.05) is 4.90 Å². The molecule has 0 aromatic heterocycles. The molecule has 1 aliphatic rings. The molecule has 0 saturated carbocycles. The monoisotopic (exact) mass is 689 g/mol. The molecule has 0 saturated heterocycles. The number of fused-ring (bicyclic) bond motifs is 5. The van der Waals surface area contributed by atoms with Crippen molar-refractivity contribution >= 4 is 38.6 Å². The van der Waals surface area contributed by atoms with E-state index in [0.29, 0.717) is 0 Å². The molecule has 1 nitrogen and oxygen atoms in total. The second-order valence-corrected chi connectivity index (χ2v) is 15.0. The largest absolute Gasteiger partial charge is 0.310 e. The van der Waals surface area contributed by atoms with Gasteiger partial charge in [-0.25, -0.2) is 0 Å². The number of hydrogen-bond donors (Lipinski definition) is 0. The average molecular weight is 690 g/mol. The maximum atomic E-state index is 2.49. The summed E-state index contributed by atoms with van der Waals surface area (Å²) in [6.07, 6.45) is 0. The average Bonchev–Trinajstić information content (AvgIpc) is 3.46. The van der Waals surface area contributed by atoms with Gasteiger partial charge in [0.25, 0.3) is 0 Å². The molecule has 9 aromatic rings. The fourth-order valence-electron chi connectivity index (χ4n) is 8.68. The van der Waals surface area contributed by atoms with E-state index in [2.05, 4.69) is 219 Å². The minimum atomic E-state index is -0.131. The van der Waals surface area contributed by atoms with Crippen molar-refractivity contribution < 1.29 is 0 Å². The van der Waals surface area contributed by atoms with E-state index in [0.717, 1.165) is 17.1 Å². The summed E-state index contributed by atoms with van der Waals surface area (Å²) < 4.78 is 0. The molecule has 0 atom stereocenters. The molecular formula is C53H39N. The Morgan fingerprint density at radius 1 is 0.333 bits per heavy atom. The Morgan fingerprint density at radius 2 is 0.944 bits per heavy atom. The number of benzene rings is 9. The van der Waals surface area contributed by atoms with Crippen LogP contribution in [0, 0.1) is 0 Å². The Bertz CT molecular complexity index is 2860. The fourth-order valence-corrected chi connectivity index (χ4v) is 8.68. The van der Waals surface area contributed by atoms with Crippen LogP contribution in [0.3, 0.4) is 0 Å². The minimum absolute atomic E-state index is 0.131. The number of hydrogen-bond acceptors (Lipinski definition) is 1. The second kappa shape index (κ2) is 12.8. The first-order valence-electron chi connectivity index (χ1n) is 18.8. The van der Waals surface area contributed by atoms with Gasteiger partial charge in [-0.2, -0.15) is 0 Å². The second-order valence-electron chi connectivity index (χ2n) is 15.0. The predicted molar refractivity (Wildman–Crippen MR) is 230 cm³/mol. The van der Waals surface area contributed by atoms with E-state index in [1.165, 1.54) is 77.2 Å². The lowest BCUT2D eigenvalue weighted by atomic mass is 9.82. The number of anilines is 3. The topological polar surface area (TPSA) is 3.24 Å². The van der Waals surface area contributed by atoms with Crippen LogP contribution in [0.25, 0.3) is 66.1 Å². The molecule has 1 heteroatoms. The highest BCUT2D eigenvalue weighted by atomic mass is 15.1. The maximum absolute atomic E-state index is 2.49. The van der Waals surface area contributed by atoms with Crippen LogP contribution in [-0.4, -0.2) is 0 Å². The van der Waals surface area contributed by atoms with Crippen LogP contribution in [0.15, 0.2) is 200 Å². The first kappa shape index (κ1) is 32.0. The van der Waals surface area contributed by atoms with E-state index in [-0.39, 0.29) is 5.41 Å². The highest BCUT2D eigenvalue weighted by molar-refractivity contribution is 5.99. The van der Waals surface area contributed by atoms with Crippen molar-refractivity contribution in [2.45, 2.75) is 19.3 Å². The van der Waals surface area contributed by atoms with Gasteiger partial charge in [0.15, 0.2) is 0 Å². The van der Waals surface area contributed by atoms with Gasteiger partial charge in [-0.1, -0.05) is 178 Å². The first-order valence-corrected chi connectivity index (χ1v) is 18.8. The zero-order valence-electron chi connectivity index (χ0n) is 30.5. The molecule has 0 radical (unpaired) electrons. The third-order valence-corrected chi connectivity index (χ3v) is 11.4.